The van der Waals surface area contributed by atoms with E-state index >= 15 is 0 Å². The van der Waals surface area contributed by atoms with Gasteiger partial charge in [-0.3, -0.25) is 4.68 Å². The molecule has 0 amide bonds. The molecule has 3 unspecified atom stereocenters. The largest absolute Gasteiger partial charge is 0.373 e. The molecule has 3 heterocycles. The summed E-state index contributed by atoms with van der Waals surface area (Å²) in [4.78, 5) is 0. The summed E-state index contributed by atoms with van der Waals surface area (Å²) in [6.45, 7) is 5.85. The van der Waals surface area contributed by atoms with Crippen molar-refractivity contribution in [3.8, 4) is 0 Å². The second kappa shape index (κ2) is 5.43. The van der Waals surface area contributed by atoms with Crippen LogP contribution in [-0.4, -0.2) is 28.0 Å². The molecular weight excluding hydrogens is 262 g/mol. The molecule has 2 fully saturated rings. The lowest BCUT2D eigenvalue weighted by Gasteiger charge is -2.20. The molecule has 0 aromatic carbocycles. The minimum Gasteiger partial charge on any atom is -0.373 e. The minimum absolute atomic E-state index is 0.410. The summed E-state index contributed by atoms with van der Waals surface area (Å²) in [6.07, 6.45) is 5.35. The lowest BCUT2D eigenvalue weighted by molar-refractivity contribution is 0.0972. The zero-order valence-electron chi connectivity index (χ0n) is 11.7. The summed E-state index contributed by atoms with van der Waals surface area (Å²) in [5.41, 5.74) is 2.12. The molecule has 2 bridgehead atoms. The van der Waals surface area contributed by atoms with E-state index in [2.05, 4.69) is 24.3 Å². The molecule has 106 valence electrons. The Morgan fingerprint density at radius 3 is 2.84 bits per heavy atom. The zero-order valence-corrected chi connectivity index (χ0v) is 12.4. The lowest BCUT2D eigenvalue weighted by atomic mass is 9.95. The maximum Gasteiger partial charge on any atom is 0.0863 e. The standard InChI is InChI=1S/C14H22ClN3O/c1-3-10-14(15)12(18(4-2)17-10)8-16-11-7-9-5-6-13(11)19-9/h9,11,13,16H,3-8H2,1-2H3. The Kier molecular flexibility index (Phi) is 3.83. The van der Waals surface area contributed by atoms with E-state index in [-0.39, 0.29) is 0 Å². The molecule has 0 saturated carbocycles. The fourth-order valence-corrected chi connectivity index (χ4v) is 3.60. The van der Waals surface area contributed by atoms with Gasteiger partial charge in [-0.05, 0) is 32.6 Å². The molecule has 2 aliphatic rings. The Hall–Kier alpha value is -0.580. The number of fused-ring (bicyclic) bond motifs is 2. The summed E-state index contributed by atoms with van der Waals surface area (Å²) in [6, 6.07) is 0.486. The van der Waals surface area contributed by atoms with Crippen molar-refractivity contribution in [2.24, 2.45) is 0 Å². The molecule has 0 radical (unpaired) electrons. The van der Waals surface area contributed by atoms with Crippen molar-refractivity contribution < 1.29 is 4.74 Å². The van der Waals surface area contributed by atoms with Gasteiger partial charge < -0.3 is 10.1 Å². The van der Waals surface area contributed by atoms with Crippen molar-refractivity contribution in [2.75, 3.05) is 0 Å². The van der Waals surface area contributed by atoms with E-state index in [1.54, 1.807) is 0 Å². The molecule has 1 aromatic rings. The van der Waals surface area contributed by atoms with Crippen LogP contribution in [0.15, 0.2) is 0 Å². The average Bonchev–Trinajstić information content (AvgIpc) is 3.10. The highest BCUT2D eigenvalue weighted by Crippen LogP contribution is 2.34. The van der Waals surface area contributed by atoms with Gasteiger partial charge in [-0.15, -0.1) is 0 Å². The van der Waals surface area contributed by atoms with Gasteiger partial charge in [0.1, 0.15) is 0 Å². The quantitative estimate of drug-likeness (QED) is 0.903. The molecule has 19 heavy (non-hydrogen) atoms. The molecule has 5 heteroatoms. The van der Waals surface area contributed by atoms with Crippen LogP contribution >= 0.6 is 11.6 Å². The average molecular weight is 284 g/mol. The highest BCUT2D eigenvalue weighted by Gasteiger charge is 2.40. The van der Waals surface area contributed by atoms with Crippen molar-refractivity contribution in [2.45, 2.75) is 70.9 Å². The Morgan fingerprint density at radius 2 is 2.26 bits per heavy atom. The third-order valence-corrected chi connectivity index (χ3v) is 4.77. The number of hydrogen-bond donors (Lipinski definition) is 1. The van der Waals surface area contributed by atoms with Gasteiger partial charge in [-0.25, -0.2) is 0 Å². The molecular formula is C14H22ClN3O. The van der Waals surface area contributed by atoms with Crippen LogP contribution in [0.4, 0.5) is 0 Å². The Balaban J connectivity index is 1.68. The number of aryl methyl sites for hydroxylation is 2. The number of nitrogens with one attached hydrogen (secondary N) is 1. The SMILES string of the molecule is CCc1nn(CC)c(CNC2CC3CCC2O3)c1Cl. The van der Waals surface area contributed by atoms with Gasteiger partial charge >= 0.3 is 0 Å². The molecule has 3 atom stereocenters. The monoisotopic (exact) mass is 283 g/mol. The van der Waals surface area contributed by atoms with E-state index in [4.69, 9.17) is 16.3 Å². The summed E-state index contributed by atoms with van der Waals surface area (Å²) in [7, 11) is 0. The first-order chi connectivity index (χ1) is 9.22. The van der Waals surface area contributed by atoms with Gasteiger partial charge in [0.15, 0.2) is 0 Å². The summed E-state index contributed by atoms with van der Waals surface area (Å²) in [5, 5.41) is 9.00. The highest BCUT2D eigenvalue weighted by molar-refractivity contribution is 6.31. The van der Waals surface area contributed by atoms with Crippen molar-refractivity contribution in [3.63, 3.8) is 0 Å². The van der Waals surface area contributed by atoms with Crippen LogP contribution in [0.2, 0.25) is 5.02 Å². The minimum atomic E-state index is 0.410. The molecule has 0 aliphatic carbocycles. The maximum absolute atomic E-state index is 6.42. The van der Waals surface area contributed by atoms with Gasteiger partial charge in [0.2, 0.25) is 0 Å². The molecule has 1 N–H and O–H groups in total. The van der Waals surface area contributed by atoms with Crippen LogP contribution in [-0.2, 0) is 24.2 Å². The fourth-order valence-electron chi connectivity index (χ4n) is 3.27. The topological polar surface area (TPSA) is 39.1 Å². The molecule has 2 saturated heterocycles. The number of rotatable bonds is 5. The van der Waals surface area contributed by atoms with Crippen LogP contribution in [0.1, 0.15) is 44.5 Å². The zero-order chi connectivity index (χ0) is 13.4. The predicted molar refractivity (Wildman–Crippen MR) is 75.4 cm³/mol. The maximum atomic E-state index is 6.42. The lowest BCUT2D eigenvalue weighted by Crippen LogP contribution is -2.37. The summed E-state index contributed by atoms with van der Waals surface area (Å²) >= 11 is 6.42. The van der Waals surface area contributed by atoms with Gasteiger partial charge in [0.25, 0.3) is 0 Å². The van der Waals surface area contributed by atoms with E-state index in [0.29, 0.717) is 18.2 Å². The second-order valence-corrected chi connectivity index (χ2v) is 5.85. The second-order valence-electron chi connectivity index (χ2n) is 5.47. The number of halogens is 1. The first-order valence-corrected chi connectivity index (χ1v) is 7.73. The number of nitrogens with zero attached hydrogens (tertiary/aromatic N) is 2. The van der Waals surface area contributed by atoms with Crippen LogP contribution in [0.25, 0.3) is 0 Å². The van der Waals surface area contributed by atoms with E-state index in [1.165, 1.54) is 12.8 Å². The number of hydrogen-bond acceptors (Lipinski definition) is 3. The Bertz CT molecular complexity index is 460. The van der Waals surface area contributed by atoms with E-state index in [0.717, 1.165) is 42.3 Å². The van der Waals surface area contributed by atoms with Gasteiger partial charge in [-0.1, -0.05) is 18.5 Å². The molecule has 0 spiro atoms. The highest BCUT2D eigenvalue weighted by atomic mass is 35.5. The smallest absolute Gasteiger partial charge is 0.0863 e. The molecule has 1 aromatic heterocycles. The summed E-state index contributed by atoms with van der Waals surface area (Å²) < 4.78 is 7.88. The first-order valence-electron chi connectivity index (χ1n) is 7.35. The van der Waals surface area contributed by atoms with Crippen molar-refractivity contribution in [1.82, 2.24) is 15.1 Å². The van der Waals surface area contributed by atoms with Crippen LogP contribution in [0.5, 0.6) is 0 Å². The van der Waals surface area contributed by atoms with Gasteiger partial charge in [-0.2, -0.15) is 5.10 Å². The fraction of sp³-hybridized carbons (Fsp3) is 0.786. The van der Waals surface area contributed by atoms with E-state index in [1.807, 2.05) is 4.68 Å². The number of aromatic nitrogens is 2. The van der Waals surface area contributed by atoms with Crippen LogP contribution in [0, 0.1) is 0 Å². The van der Waals surface area contributed by atoms with Crippen LogP contribution in [0.3, 0.4) is 0 Å². The molecule has 2 aliphatic heterocycles. The Morgan fingerprint density at radius 1 is 1.42 bits per heavy atom. The Labute approximate surface area is 119 Å². The predicted octanol–water partition coefficient (Wildman–Crippen LogP) is 2.53. The normalized spacial score (nSPS) is 29.3. The van der Waals surface area contributed by atoms with E-state index < -0.39 is 0 Å². The first kappa shape index (κ1) is 13.4. The van der Waals surface area contributed by atoms with Crippen molar-refractivity contribution in [3.05, 3.63) is 16.4 Å². The molecule has 3 rings (SSSR count). The van der Waals surface area contributed by atoms with Gasteiger partial charge in [0, 0.05) is 19.1 Å². The van der Waals surface area contributed by atoms with Crippen molar-refractivity contribution >= 4 is 11.6 Å². The summed E-state index contributed by atoms with van der Waals surface area (Å²) in [5.74, 6) is 0. The third-order valence-electron chi connectivity index (χ3n) is 4.33. The van der Waals surface area contributed by atoms with Crippen molar-refractivity contribution in [1.29, 1.82) is 0 Å². The molecule has 4 nitrogen and oxygen atoms in total. The number of ether oxygens (including phenoxy) is 1. The van der Waals surface area contributed by atoms with Gasteiger partial charge in [0.05, 0.1) is 28.6 Å². The van der Waals surface area contributed by atoms with E-state index in [9.17, 15) is 0 Å². The third kappa shape index (κ3) is 2.41. The van der Waals surface area contributed by atoms with Crippen LogP contribution < -0.4 is 5.32 Å².